The first-order chi connectivity index (χ1) is 18.2. The first-order valence-electron chi connectivity index (χ1n) is 11.6. The zero-order valence-electron chi connectivity index (χ0n) is 20.1. The van der Waals surface area contributed by atoms with Crippen molar-refractivity contribution in [3.8, 4) is 16.9 Å². The van der Waals surface area contributed by atoms with Crippen molar-refractivity contribution < 1.29 is 28.2 Å². The van der Waals surface area contributed by atoms with Gasteiger partial charge in [-0.25, -0.2) is 12.4 Å². The summed E-state index contributed by atoms with van der Waals surface area (Å²) in [5.41, 5.74) is 1.04. The van der Waals surface area contributed by atoms with Gasteiger partial charge in [0.1, 0.15) is 23.4 Å². The van der Waals surface area contributed by atoms with Crippen LogP contribution in [-0.4, -0.2) is 62.4 Å². The number of phenols is 1. The van der Waals surface area contributed by atoms with E-state index in [4.69, 9.17) is 0 Å². The van der Waals surface area contributed by atoms with Gasteiger partial charge >= 0.3 is 5.97 Å². The fraction of sp³-hybridized carbons (Fsp3) is 0.111. The minimum absolute atomic E-state index is 0.0746. The molecule has 5 rings (SSSR count). The molecule has 0 aliphatic rings. The Labute approximate surface area is 217 Å². The highest BCUT2D eigenvalue weighted by molar-refractivity contribution is 7.90. The molecule has 3 aromatic carbocycles. The molecule has 0 fully saturated rings. The normalized spacial score (nSPS) is 11.6. The topological polar surface area (TPSA) is 143 Å². The fourth-order valence-corrected chi connectivity index (χ4v) is 5.82. The van der Waals surface area contributed by atoms with Gasteiger partial charge in [-0.15, -0.1) is 0 Å². The Balaban J connectivity index is 1.79. The van der Waals surface area contributed by atoms with Crippen LogP contribution in [0.3, 0.4) is 0 Å². The van der Waals surface area contributed by atoms with Crippen LogP contribution in [0.2, 0.25) is 0 Å². The Bertz CT molecular complexity index is 1820. The zero-order valence-corrected chi connectivity index (χ0v) is 21.0. The van der Waals surface area contributed by atoms with Crippen LogP contribution in [0.25, 0.3) is 33.1 Å². The molecule has 0 unspecified atom stereocenters. The number of para-hydroxylation sites is 1. The van der Waals surface area contributed by atoms with Crippen LogP contribution < -0.4 is 0 Å². The van der Waals surface area contributed by atoms with Crippen LogP contribution >= 0.6 is 0 Å². The number of aromatic hydroxyl groups is 1. The lowest BCUT2D eigenvalue weighted by Crippen LogP contribution is -2.35. The van der Waals surface area contributed by atoms with Gasteiger partial charge in [-0.3, -0.25) is 19.6 Å². The van der Waals surface area contributed by atoms with E-state index in [1.165, 1.54) is 36.8 Å². The number of phenolic OH excluding ortho intramolecular Hbond substituents is 1. The van der Waals surface area contributed by atoms with Gasteiger partial charge in [-0.1, -0.05) is 36.4 Å². The summed E-state index contributed by atoms with van der Waals surface area (Å²) >= 11 is 0. The highest BCUT2D eigenvalue weighted by Crippen LogP contribution is 2.41. The van der Waals surface area contributed by atoms with Crippen molar-refractivity contribution in [2.45, 2.75) is 11.8 Å². The van der Waals surface area contributed by atoms with Crippen molar-refractivity contribution in [2.24, 2.45) is 0 Å². The molecular weight excluding hydrogens is 508 g/mol. The maximum atomic E-state index is 13.6. The Hall–Kier alpha value is -4.77. The van der Waals surface area contributed by atoms with Crippen LogP contribution in [0, 0.1) is 0 Å². The van der Waals surface area contributed by atoms with Gasteiger partial charge in [0.2, 0.25) is 0 Å². The van der Waals surface area contributed by atoms with E-state index < -0.39 is 34.2 Å². The summed E-state index contributed by atoms with van der Waals surface area (Å²) in [4.78, 5) is 34.5. The van der Waals surface area contributed by atoms with Gasteiger partial charge in [0.05, 0.1) is 15.9 Å². The van der Waals surface area contributed by atoms with Crippen LogP contribution in [0.1, 0.15) is 17.3 Å². The van der Waals surface area contributed by atoms with Crippen molar-refractivity contribution in [3.63, 3.8) is 0 Å². The first-order valence-corrected chi connectivity index (χ1v) is 13.1. The number of carboxylic acids is 1. The van der Waals surface area contributed by atoms with E-state index in [-0.39, 0.29) is 33.6 Å². The molecule has 2 heterocycles. The number of amides is 1. The Morgan fingerprint density at radius 3 is 2.37 bits per heavy atom. The summed E-state index contributed by atoms with van der Waals surface area (Å²) in [5.74, 6) is -2.40. The first kappa shape index (κ1) is 24.9. The number of hydrogen-bond acceptors (Lipinski definition) is 7. The van der Waals surface area contributed by atoms with Crippen molar-refractivity contribution in [1.82, 2.24) is 18.8 Å². The lowest BCUT2D eigenvalue weighted by molar-refractivity contribution is -0.137. The van der Waals surface area contributed by atoms with Gasteiger partial charge < -0.3 is 15.1 Å². The number of nitrogens with zero attached hydrogens (tertiary/aromatic N) is 4. The number of rotatable bonds is 7. The molecule has 38 heavy (non-hydrogen) atoms. The third-order valence-electron chi connectivity index (χ3n) is 6.21. The van der Waals surface area contributed by atoms with Gasteiger partial charge in [0, 0.05) is 41.6 Å². The zero-order chi connectivity index (χ0) is 27.0. The highest BCUT2D eigenvalue weighted by atomic mass is 32.2. The molecule has 0 saturated carbocycles. The van der Waals surface area contributed by atoms with E-state index >= 15 is 0 Å². The molecule has 2 aromatic heterocycles. The van der Waals surface area contributed by atoms with Crippen LogP contribution in [0.4, 0.5) is 0 Å². The Morgan fingerprint density at radius 2 is 1.66 bits per heavy atom. The average molecular weight is 531 g/mol. The van der Waals surface area contributed by atoms with Crippen LogP contribution in [0.5, 0.6) is 5.75 Å². The summed E-state index contributed by atoms with van der Waals surface area (Å²) in [5, 5.41) is 21.2. The van der Waals surface area contributed by atoms with Crippen molar-refractivity contribution in [2.75, 3.05) is 13.1 Å². The van der Waals surface area contributed by atoms with Crippen molar-refractivity contribution in [1.29, 1.82) is 0 Å². The predicted molar refractivity (Wildman–Crippen MR) is 140 cm³/mol. The quantitative estimate of drug-likeness (QED) is 0.324. The third kappa shape index (κ3) is 4.12. The second-order valence-corrected chi connectivity index (χ2v) is 10.3. The number of aliphatic carboxylic acids is 1. The molecule has 0 aliphatic carbocycles. The van der Waals surface area contributed by atoms with E-state index in [0.29, 0.717) is 16.5 Å². The molecule has 2 N–H and O–H groups in total. The summed E-state index contributed by atoms with van der Waals surface area (Å²) in [6, 6.07) is 16.3. The minimum atomic E-state index is -4.00. The highest BCUT2D eigenvalue weighted by Gasteiger charge is 2.28. The SMILES string of the molecule is CCN(CC(=O)O)C(=O)c1c(O)c(-c2cn(S(=O)(=O)c3ccccc3)c3ccccc23)cc2nccnc12. The second kappa shape index (κ2) is 9.60. The molecule has 0 saturated heterocycles. The monoisotopic (exact) mass is 530 g/mol. The Morgan fingerprint density at radius 1 is 0.974 bits per heavy atom. The summed E-state index contributed by atoms with van der Waals surface area (Å²) < 4.78 is 28.3. The molecule has 0 atom stereocenters. The minimum Gasteiger partial charge on any atom is -0.506 e. The number of carbonyl (C=O) groups is 2. The number of fused-ring (bicyclic) bond motifs is 2. The molecular formula is C27H22N4O6S. The largest absolute Gasteiger partial charge is 0.506 e. The second-order valence-electron chi connectivity index (χ2n) is 8.46. The Kier molecular flexibility index (Phi) is 6.29. The molecule has 1 amide bonds. The van der Waals surface area contributed by atoms with Crippen LogP contribution in [-0.2, 0) is 14.8 Å². The number of carboxylic acid groups (broad SMARTS) is 1. The molecule has 11 heteroatoms. The molecule has 0 aliphatic heterocycles. The number of aromatic nitrogens is 3. The number of benzene rings is 3. The molecule has 5 aromatic rings. The van der Waals surface area contributed by atoms with E-state index in [9.17, 15) is 28.2 Å². The molecule has 0 spiro atoms. The number of likely N-dealkylation sites (N-methyl/N-ethyl adjacent to an activating group) is 1. The van der Waals surface area contributed by atoms with Crippen LogP contribution in [0.15, 0.2) is 84.1 Å². The van der Waals surface area contributed by atoms with Gasteiger partial charge in [-0.2, -0.15) is 0 Å². The summed E-state index contributed by atoms with van der Waals surface area (Å²) in [6.45, 7) is 1.12. The van der Waals surface area contributed by atoms with E-state index in [1.807, 2.05) is 0 Å². The van der Waals surface area contributed by atoms with E-state index in [0.717, 1.165) is 8.87 Å². The molecule has 0 bridgehead atoms. The van der Waals surface area contributed by atoms with E-state index in [2.05, 4.69) is 9.97 Å². The van der Waals surface area contributed by atoms with Crippen molar-refractivity contribution in [3.05, 3.63) is 84.8 Å². The summed E-state index contributed by atoms with van der Waals surface area (Å²) in [6.07, 6.45) is 4.19. The van der Waals surface area contributed by atoms with E-state index in [1.54, 1.807) is 49.4 Å². The maximum absolute atomic E-state index is 13.6. The van der Waals surface area contributed by atoms with Gasteiger partial charge in [0.15, 0.2) is 0 Å². The standard InChI is InChI=1S/C27H22N4O6S/c1-2-30(16-23(32)33)27(35)24-25-21(28-12-13-29-25)14-19(26(24)34)20-15-31(22-11-7-6-10-18(20)22)38(36,37)17-8-4-3-5-9-17/h3-15,34H,2,16H2,1H3,(H,32,33). The predicted octanol–water partition coefficient (Wildman–Crippen LogP) is 3.74. The molecule has 10 nitrogen and oxygen atoms in total. The third-order valence-corrected chi connectivity index (χ3v) is 7.90. The maximum Gasteiger partial charge on any atom is 0.323 e. The van der Waals surface area contributed by atoms with Crippen molar-refractivity contribution >= 4 is 43.8 Å². The van der Waals surface area contributed by atoms with Gasteiger partial charge in [-0.05, 0) is 31.2 Å². The lowest BCUT2D eigenvalue weighted by Gasteiger charge is -2.20. The lowest BCUT2D eigenvalue weighted by atomic mass is 9.98. The smallest absolute Gasteiger partial charge is 0.323 e. The van der Waals surface area contributed by atoms with Gasteiger partial charge in [0.25, 0.3) is 15.9 Å². The average Bonchev–Trinajstić information content (AvgIpc) is 3.32. The molecule has 192 valence electrons. The number of carbonyl (C=O) groups excluding carboxylic acids is 1. The fourth-order valence-electron chi connectivity index (χ4n) is 4.42. The molecule has 0 radical (unpaired) electrons. The summed E-state index contributed by atoms with van der Waals surface area (Å²) in [7, 11) is -4.00. The number of hydrogen-bond donors (Lipinski definition) is 2.